The Morgan fingerprint density at radius 3 is 2.67 bits per heavy atom. The summed E-state index contributed by atoms with van der Waals surface area (Å²) < 4.78 is 0. The lowest BCUT2D eigenvalue weighted by atomic mass is 9.99. The predicted octanol–water partition coefficient (Wildman–Crippen LogP) is 3.31. The minimum Gasteiger partial charge on any atom is -0.264 e. The monoisotopic (exact) mass is 235 g/mol. The lowest BCUT2D eigenvalue weighted by Gasteiger charge is -2.08. The summed E-state index contributed by atoms with van der Waals surface area (Å²) in [6.45, 7) is 4.16. The Hall–Kier alpha value is -2.29. The molecule has 0 aliphatic rings. The van der Waals surface area contributed by atoms with E-state index in [2.05, 4.69) is 41.2 Å². The second kappa shape index (κ2) is 4.18. The summed E-state index contributed by atoms with van der Waals surface area (Å²) in [5.74, 6) is 0. The van der Waals surface area contributed by atoms with Crippen molar-refractivity contribution in [1.29, 1.82) is 0 Å². The van der Waals surface area contributed by atoms with Gasteiger partial charge in [-0.15, -0.1) is 0 Å². The molecular formula is C15H13N3. The Labute approximate surface area is 106 Å². The van der Waals surface area contributed by atoms with Crippen LogP contribution in [0.3, 0.4) is 0 Å². The Morgan fingerprint density at radius 2 is 1.83 bits per heavy atom. The largest absolute Gasteiger partial charge is 0.264 e. The van der Waals surface area contributed by atoms with Crippen LogP contribution in [-0.4, -0.2) is 15.2 Å². The van der Waals surface area contributed by atoms with Crippen molar-refractivity contribution in [3.63, 3.8) is 0 Å². The lowest BCUT2D eigenvalue weighted by molar-refractivity contribution is 1.07. The quantitative estimate of drug-likeness (QED) is 0.649. The van der Waals surface area contributed by atoms with Gasteiger partial charge in [0.1, 0.15) is 0 Å². The Balaban J connectivity index is 2.28. The fourth-order valence-corrected chi connectivity index (χ4v) is 2.20. The maximum absolute atomic E-state index is 4.20. The van der Waals surface area contributed by atoms with Crippen molar-refractivity contribution in [1.82, 2.24) is 15.2 Å². The van der Waals surface area contributed by atoms with E-state index < -0.39 is 0 Å². The zero-order valence-corrected chi connectivity index (χ0v) is 10.4. The van der Waals surface area contributed by atoms with Crippen LogP contribution in [0.25, 0.3) is 22.0 Å². The molecule has 0 aliphatic carbocycles. The van der Waals surface area contributed by atoms with Crippen molar-refractivity contribution in [2.45, 2.75) is 13.8 Å². The molecule has 3 nitrogen and oxygen atoms in total. The van der Waals surface area contributed by atoms with Crippen LogP contribution in [-0.2, 0) is 0 Å². The fourth-order valence-electron chi connectivity index (χ4n) is 2.20. The molecule has 0 spiro atoms. The molecule has 1 aromatic carbocycles. The highest BCUT2D eigenvalue weighted by atomic mass is 15.1. The molecule has 88 valence electrons. The van der Waals surface area contributed by atoms with Crippen LogP contribution in [0.1, 0.15) is 11.1 Å². The van der Waals surface area contributed by atoms with Crippen LogP contribution >= 0.6 is 0 Å². The van der Waals surface area contributed by atoms with Crippen LogP contribution in [0.15, 0.2) is 42.9 Å². The molecule has 18 heavy (non-hydrogen) atoms. The van der Waals surface area contributed by atoms with E-state index in [-0.39, 0.29) is 0 Å². The van der Waals surface area contributed by atoms with E-state index in [0.29, 0.717) is 0 Å². The molecule has 0 N–H and O–H groups in total. The van der Waals surface area contributed by atoms with Gasteiger partial charge in [0, 0.05) is 23.3 Å². The minimum atomic E-state index is 0.961. The zero-order chi connectivity index (χ0) is 12.5. The first-order valence-corrected chi connectivity index (χ1v) is 5.89. The van der Waals surface area contributed by atoms with Crippen molar-refractivity contribution in [2.24, 2.45) is 0 Å². The lowest BCUT2D eigenvalue weighted by Crippen LogP contribution is -1.90. The summed E-state index contributed by atoms with van der Waals surface area (Å²) in [5, 5.41) is 9.22. The molecule has 0 fully saturated rings. The highest BCUT2D eigenvalue weighted by Crippen LogP contribution is 2.27. The smallest absolute Gasteiger partial charge is 0.0959 e. The number of fused-ring (bicyclic) bond motifs is 1. The third-order valence-corrected chi connectivity index (χ3v) is 3.16. The van der Waals surface area contributed by atoms with Crippen molar-refractivity contribution < 1.29 is 0 Å². The summed E-state index contributed by atoms with van der Waals surface area (Å²) in [7, 11) is 0. The van der Waals surface area contributed by atoms with Crippen LogP contribution < -0.4 is 0 Å². The Morgan fingerprint density at radius 1 is 0.944 bits per heavy atom. The van der Waals surface area contributed by atoms with E-state index in [1.807, 2.05) is 24.5 Å². The van der Waals surface area contributed by atoms with Gasteiger partial charge in [-0.05, 0) is 54.8 Å². The Kier molecular flexibility index (Phi) is 2.52. The number of pyridine rings is 1. The highest BCUT2D eigenvalue weighted by molar-refractivity contribution is 5.87. The number of hydrogen-bond acceptors (Lipinski definition) is 3. The molecule has 3 aromatic rings. The molecule has 0 atom stereocenters. The summed E-state index contributed by atoms with van der Waals surface area (Å²) >= 11 is 0. The van der Waals surface area contributed by atoms with Gasteiger partial charge < -0.3 is 0 Å². The van der Waals surface area contributed by atoms with Gasteiger partial charge in [-0.2, -0.15) is 10.2 Å². The molecule has 3 heteroatoms. The average molecular weight is 235 g/mol. The first-order valence-electron chi connectivity index (χ1n) is 5.89. The van der Waals surface area contributed by atoms with Crippen LogP contribution in [0.2, 0.25) is 0 Å². The predicted molar refractivity (Wildman–Crippen MR) is 72.2 cm³/mol. The molecule has 0 radical (unpaired) electrons. The van der Waals surface area contributed by atoms with Crippen molar-refractivity contribution in [3.05, 3.63) is 54.0 Å². The van der Waals surface area contributed by atoms with Crippen molar-refractivity contribution >= 4 is 10.9 Å². The molecule has 0 saturated carbocycles. The molecule has 0 amide bonds. The maximum atomic E-state index is 4.20. The van der Waals surface area contributed by atoms with Gasteiger partial charge in [-0.25, -0.2) is 0 Å². The first-order chi connectivity index (χ1) is 8.75. The van der Waals surface area contributed by atoms with E-state index in [1.54, 1.807) is 6.20 Å². The van der Waals surface area contributed by atoms with Crippen molar-refractivity contribution in [2.75, 3.05) is 0 Å². The average Bonchev–Trinajstić information content (AvgIpc) is 2.39. The standard InChI is InChI=1S/C15H13N3/c1-10-3-5-16-9-14(10)13-7-11(2)15-12(8-13)4-6-17-18-15/h3-9H,1-2H3. The topological polar surface area (TPSA) is 38.7 Å². The number of benzene rings is 1. The fraction of sp³-hybridized carbons (Fsp3) is 0.133. The summed E-state index contributed by atoms with van der Waals surface area (Å²) in [6.07, 6.45) is 5.45. The van der Waals surface area contributed by atoms with Gasteiger partial charge in [-0.3, -0.25) is 4.98 Å². The molecule has 2 heterocycles. The van der Waals surface area contributed by atoms with Gasteiger partial charge >= 0.3 is 0 Å². The van der Waals surface area contributed by atoms with Gasteiger partial charge in [0.25, 0.3) is 0 Å². The van der Waals surface area contributed by atoms with Gasteiger partial charge in [0.2, 0.25) is 0 Å². The summed E-state index contributed by atoms with van der Waals surface area (Å²) in [6, 6.07) is 8.30. The molecule has 0 bridgehead atoms. The van der Waals surface area contributed by atoms with Gasteiger partial charge in [0.15, 0.2) is 0 Å². The molecular weight excluding hydrogens is 222 g/mol. The number of nitrogens with zero attached hydrogens (tertiary/aromatic N) is 3. The highest BCUT2D eigenvalue weighted by Gasteiger charge is 2.06. The summed E-state index contributed by atoms with van der Waals surface area (Å²) in [4.78, 5) is 4.20. The second-order valence-corrected chi connectivity index (χ2v) is 4.45. The van der Waals surface area contributed by atoms with E-state index in [4.69, 9.17) is 0 Å². The first kappa shape index (κ1) is 10.8. The Bertz CT molecular complexity index is 720. The van der Waals surface area contributed by atoms with Crippen LogP contribution in [0.4, 0.5) is 0 Å². The van der Waals surface area contributed by atoms with Crippen LogP contribution in [0, 0.1) is 13.8 Å². The number of aromatic nitrogens is 3. The molecule has 0 saturated heterocycles. The third-order valence-electron chi connectivity index (χ3n) is 3.16. The van der Waals surface area contributed by atoms with E-state index in [1.165, 1.54) is 16.7 Å². The second-order valence-electron chi connectivity index (χ2n) is 4.45. The summed E-state index contributed by atoms with van der Waals surface area (Å²) in [5.41, 5.74) is 5.67. The SMILES string of the molecule is Cc1ccncc1-c1cc(C)c2nnccc2c1. The molecule has 3 rings (SSSR count). The van der Waals surface area contributed by atoms with E-state index in [0.717, 1.165) is 16.5 Å². The number of aryl methyl sites for hydroxylation is 2. The minimum absolute atomic E-state index is 0.961. The maximum Gasteiger partial charge on any atom is 0.0959 e. The van der Waals surface area contributed by atoms with Crippen LogP contribution in [0.5, 0.6) is 0 Å². The zero-order valence-electron chi connectivity index (χ0n) is 10.4. The van der Waals surface area contributed by atoms with E-state index in [9.17, 15) is 0 Å². The third kappa shape index (κ3) is 1.74. The molecule has 2 aromatic heterocycles. The number of hydrogen-bond donors (Lipinski definition) is 0. The van der Waals surface area contributed by atoms with E-state index >= 15 is 0 Å². The molecule has 0 aliphatic heterocycles. The normalized spacial score (nSPS) is 10.8. The van der Waals surface area contributed by atoms with Gasteiger partial charge in [-0.1, -0.05) is 0 Å². The van der Waals surface area contributed by atoms with Gasteiger partial charge in [0.05, 0.1) is 11.7 Å². The molecule has 0 unspecified atom stereocenters. The van der Waals surface area contributed by atoms with Crippen molar-refractivity contribution in [3.8, 4) is 11.1 Å². The number of rotatable bonds is 1.